The molecule has 0 bridgehead atoms. The van der Waals surface area contributed by atoms with Crippen LogP contribution in [-0.4, -0.2) is 8.07 Å². The van der Waals surface area contributed by atoms with Crippen LogP contribution in [0.4, 0.5) is 0 Å². The highest BCUT2D eigenvalue weighted by Crippen LogP contribution is 2.39. The van der Waals surface area contributed by atoms with Gasteiger partial charge in [-0.15, -0.1) is 0 Å². The Bertz CT molecular complexity index is 1180. The van der Waals surface area contributed by atoms with Crippen molar-refractivity contribution in [3.05, 3.63) is 107 Å². The van der Waals surface area contributed by atoms with Crippen LogP contribution in [0, 0.1) is 0 Å². The molecule has 2 aliphatic carbocycles. The molecule has 0 N–H and O–H groups in total. The quantitative estimate of drug-likeness (QED) is 0.336. The molecule has 0 aliphatic heterocycles. The first-order valence-corrected chi connectivity index (χ1v) is 13.6. The van der Waals surface area contributed by atoms with Crippen molar-refractivity contribution in [2.24, 2.45) is 0 Å². The third kappa shape index (κ3) is 2.37. The second-order valence-corrected chi connectivity index (χ2v) is 13.3. The van der Waals surface area contributed by atoms with Gasteiger partial charge in [-0.3, -0.25) is 0 Å². The summed E-state index contributed by atoms with van der Waals surface area (Å²) in [7, 11) is -1.91. The Morgan fingerprint density at radius 2 is 0.897 bits per heavy atom. The molecule has 140 valence electrons. The van der Waals surface area contributed by atoms with Crippen LogP contribution >= 0.6 is 0 Å². The van der Waals surface area contributed by atoms with Crippen LogP contribution in [0.2, 0.25) is 13.1 Å². The molecule has 0 aromatic heterocycles. The molecule has 4 aromatic carbocycles. The van der Waals surface area contributed by atoms with Gasteiger partial charge in [0.05, 0.1) is 0 Å². The van der Waals surface area contributed by atoms with Gasteiger partial charge in [0.1, 0.15) is 8.07 Å². The van der Waals surface area contributed by atoms with Gasteiger partial charge in [-0.2, -0.15) is 0 Å². The maximum Gasteiger partial charge on any atom is 0.113 e. The Kier molecular flexibility index (Phi) is 3.54. The minimum Gasteiger partial charge on any atom is -0.0620 e. The highest BCUT2D eigenvalue weighted by Gasteiger charge is 2.36. The van der Waals surface area contributed by atoms with E-state index in [2.05, 4.69) is 98.0 Å². The van der Waals surface area contributed by atoms with Crippen molar-refractivity contribution in [3.63, 3.8) is 0 Å². The first-order chi connectivity index (χ1) is 14.1. The lowest BCUT2D eigenvalue weighted by Crippen LogP contribution is -2.54. The third-order valence-corrected chi connectivity index (χ3v) is 10.5. The molecule has 0 unspecified atom stereocenters. The summed E-state index contributed by atoms with van der Waals surface area (Å²) < 4.78 is 0. The van der Waals surface area contributed by atoms with Gasteiger partial charge in [0.15, 0.2) is 0 Å². The van der Waals surface area contributed by atoms with Gasteiger partial charge in [0, 0.05) is 0 Å². The van der Waals surface area contributed by atoms with E-state index in [0.717, 1.165) is 12.8 Å². The smallest absolute Gasteiger partial charge is 0.0620 e. The monoisotopic (exact) mass is 388 g/mol. The van der Waals surface area contributed by atoms with Crippen molar-refractivity contribution < 1.29 is 0 Å². The van der Waals surface area contributed by atoms with Crippen molar-refractivity contribution in [2.45, 2.75) is 25.9 Å². The summed E-state index contributed by atoms with van der Waals surface area (Å²) in [5, 5.41) is 3.16. The molecule has 0 saturated carbocycles. The van der Waals surface area contributed by atoms with E-state index in [0.29, 0.717) is 0 Å². The van der Waals surface area contributed by atoms with Gasteiger partial charge in [-0.05, 0) is 67.7 Å². The average Bonchev–Trinajstić information content (AvgIpc) is 3.31. The predicted octanol–water partition coefficient (Wildman–Crippen LogP) is 5.65. The van der Waals surface area contributed by atoms with E-state index in [4.69, 9.17) is 0 Å². The molecule has 4 aromatic rings. The topological polar surface area (TPSA) is 0 Å². The SMILES string of the molecule is C[Si](C)(c1cccc2c1-c1ccccc1C2)c1cccc2c1-c1ccccc1C2. The van der Waals surface area contributed by atoms with Crippen LogP contribution in [-0.2, 0) is 12.8 Å². The lowest BCUT2D eigenvalue weighted by Gasteiger charge is -2.29. The van der Waals surface area contributed by atoms with E-state index in [1.807, 2.05) is 0 Å². The molecule has 2 aliphatic rings. The zero-order valence-corrected chi connectivity index (χ0v) is 18.0. The largest absolute Gasteiger partial charge is 0.113 e. The summed E-state index contributed by atoms with van der Waals surface area (Å²) >= 11 is 0. The normalized spacial score (nSPS) is 13.6. The summed E-state index contributed by atoms with van der Waals surface area (Å²) in [5.74, 6) is 0. The van der Waals surface area contributed by atoms with Crippen molar-refractivity contribution in [1.82, 2.24) is 0 Å². The highest BCUT2D eigenvalue weighted by atomic mass is 28.3. The molecule has 6 rings (SSSR count). The van der Waals surface area contributed by atoms with Crippen LogP contribution < -0.4 is 10.4 Å². The molecule has 0 fully saturated rings. The molecular weight excluding hydrogens is 364 g/mol. The molecule has 0 spiro atoms. The van der Waals surface area contributed by atoms with E-state index < -0.39 is 8.07 Å². The second kappa shape index (κ2) is 6.05. The highest BCUT2D eigenvalue weighted by molar-refractivity contribution is 7.02. The Hall–Kier alpha value is -2.90. The van der Waals surface area contributed by atoms with Crippen molar-refractivity contribution in [2.75, 3.05) is 0 Å². The van der Waals surface area contributed by atoms with Crippen LogP contribution in [0.5, 0.6) is 0 Å². The summed E-state index contributed by atoms with van der Waals surface area (Å²) in [5.41, 5.74) is 11.9. The van der Waals surface area contributed by atoms with Crippen LogP contribution in [0.15, 0.2) is 84.9 Å². The van der Waals surface area contributed by atoms with E-state index >= 15 is 0 Å². The Morgan fingerprint density at radius 1 is 0.483 bits per heavy atom. The molecule has 0 atom stereocenters. The molecule has 0 radical (unpaired) electrons. The Balaban J connectivity index is 1.60. The zero-order chi connectivity index (χ0) is 19.6. The predicted molar refractivity (Wildman–Crippen MR) is 126 cm³/mol. The lowest BCUT2D eigenvalue weighted by molar-refractivity contribution is 1.26. The average molecular weight is 389 g/mol. The lowest BCUT2D eigenvalue weighted by atomic mass is 10.1. The molecule has 0 nitrogen and oxygen atoms in total. The zero-order valence-electron chi connectivity index (χ0n) is 17.0. The minimum absolute atomic E-state index is 1.07. The molecule has 0 saturated heterocycles. The fraction of sp³-hybridized carbons (Fsp3) is 0.143. The summed E-state index contributed by atoms with van der Waals surface area (Å²) in [6, 6.07) is 32.0. The number of hydrogen-bond donors (Lipinski definition) is 0. The van der Waals surface area contributed by atoms with Crippen molar-refractivity contribution in [1.29, 1.82) is 0 Å². The van der Waals surface area contributed by atoms with E-state index in [-0.39, 0.29) is 0 Å². The standard InChI is InChI=1S/C28H24Si/c1-29(2,25-15-7-11-21-17-19-9-3-5-13-23(19)27(21)25)26-16-8-12-22-18-20-10-4-6-14-24(20)28(22)26/h3-16H,17-18H2,1-2H3. The number of benzene rings is 4. The summed E-state index contributed by atoms with van der Waals surface area (Å²) in [4.78, 5) is 0. The fourth-order valence-electron chi connectivity index (χ4n) is 5.56. The van der Waals surface area contributed by atoms with E-state index in [1.54, 1.807) is 10.4 Å². The van der Waals surface area contributed by atoms with Crippen LogP contribution in [0.1, 0.15) is 22.3 Å². The number of fused-ring (bicyclic) bond motifs is 6. The first-order valence-electron chi connectivity index (χ1n) is 10.6. The third-order valence-electron chi connectivity index (χ3n) is 6.98. The maximum atomic E-state index is 2.54. The maximum absolute atomic E-state index is 2.54. The van der Waals surface area contributed by atoms with Crippen molar-refractivity contribution in [3.8, 4) is 22.3 Å². The van der Waals surface area contributed by atoms with E-state index in [1.165, 1.54) is 44.5 Å². The second-order valence-electron chi connectivity index (χ2n) is 8.97. The van der Waals surface area contributed by atoms with E-state index in [9.17, 15) is 0 Å². The molecule has 29 heavy (non-hydrogen) atoms. The fourth-order valence-corrected chi connectivity index (χ4v) is 8.72. The molecule has 1 heteroatoms. The summed E-state index contributed by atoms with van der Waals surface area (Å²) in [6.07, 6.45) is 2.14. The van der Waals surface area contributed by atoms with Crippen LogP contribution in [0.3, 0.4) is 0 Å². The number of rotatable bonds is 2. The Morgan fingerprint density at radius 3 is 1.38 bits per heavy atom. The summed E-state index contributed by atoms with van der Waals surface area (Å²) in [6.45, 7) is 5.08. The first kappa shape index (κ1) is 17.0. The number of hydrogen-bond acceptors (Lipinski definition) is 0. The molecular formula is C28H24Si. The molecule has 0 heterocycles. The Labute approximate surface area is 173 Å². The van der Waals surface area contributed by atoms with Gasteiger partial charge in [0.25, 0.3) is 0 Å². The van der Waals surface area contributed by atoms with Gasteiger partial charge < -0.3 is 0 Å². The van der Waals surface area contributed by atoms with Gasteiger partial charge in [0.2, 0.25) is 0 Å². The van der Waals surface area contributed by atoms with Crippen LogP contribution in [0.25, 0.3) is 22.3 Å². The van der Waals surface area contributed by atoms with Crippen molar-refractivity contribution >= 4 is 18.4 Å². The van der Waals surface area contributed by atoms with Gasteiger partial charge in [-0.25, -0.2) is 0 Å². The molecule has 0 amide bonds. The van der Waals surface area contributed by atoms with Gasteiger partial charge >= 0.3 is 0 Å². The minimum atomic E-state index is -1.91. The van der Waals surface area contributed by atoms with Gasteiger partial charge in [-0.1, -0.05) is 98.0 Å².